The quantitative estimate of drug-likeness (QED) is 0.539. The summed E-state index contributed by atoms with van der Waals surface area (Å²) in [5.74, 6) is 6.53. The molecule has 1 fully saturated rings. The van der Waals surface area contributed by atoms with Crippen LogP contribution in [-0.2, 0) is 0 Å². The van der Waals surface area contributed by atoms with E-state index in [1.165, 1.54) is 4.90 Å². The molecular weight excluding hydrogens is 354 g/mol. The number of hydrazine groups is 1. The van der Waals surface area contributed by atoms with Gasteiger partial charge in [0.2, 0.25) is 0 Å². The van der Waals surface area contributed by atoms with Crippen LogP contribution in [0.4, 0.5) is 16.4 Å². The number of carboxylic acid groups (broad SMARTS) is 1. The molecule has 0 bridgehead atoms. The van der Waals surface area contributed by atoms with E-state index < -0.39 is 6.09 Å². The minimum absolute atomic E-state index is 0.0708. The van der Waals surface area contributed by atoms with Crippen molar-refractivity contribution in [2.24, 2.45) is 5.84 Å². The second-order valence-corrected chi connectivity index (χ2v) is 5.90. The van der Waals surface area contributed by atoms with E-state index in [0.29, 0.717) is 35.9 Å². The number of aromatic nitrogens is 3. The first-order valence-electron chi connectivity index (χ1n) is 6.50. The second-order valence-electron chi connectivity index (χ2n) is 4.99. The van der Waals surface area contributed by atoms with Crippen molar-refractivity contribution in [1.82, 2.24) is 19.9 Å². The van der Waals surface area contributed by atoms with Gasteiger partial charge in [0.25, 0.3) is 0 Å². The van der Waals surface area contributed by atoms with E-state index in [9.17, 15) is 4.79 Å². The van der Waals surface area contributed by atoms with E-state index >= 15 is 0 Å². The number of rotatable bonds is 3. The van der Waals surface area contributed by atoms with Crippen LogP contribution < -0.4 is 16.2 Å². The zero-order valence-corrected chi connectivity index (χ0v) is 13.3. The first-order chi connectivity index (χ1) is 10.5. The van der Waals surface area contributed by atoms with Gasteiger partial charge in [-0.1, -0.05) is 0 Å². The lowest BCUT2D eigenvalue weighted by molar-refractivity contribution is 0.130. The summed E-state index contributed by atoms with van der Waals surface area (Å²) in [5, 5.41) is 8.97. The first kappa shape index (κ1) is 14.7. The molecule has 0 aromatic carbocycles. The van der Waals surface area contributed by atoms with Gasteiger partial charge in [0.15, 0.2) is 17.3 Å². The third kappa shape index (κ3) is 2.50. The molecule has 0 saturated carbocycles. The van der Waals surface area contributed by atoms with Crippen LogP contribution in [0.15, 0.2) is 16.7 Å². The van der Waals surface area contributed by atoms with Crippen molar-refractivity contribution in [3.63, 3.8) is 0 Å². The van der Waals surface area contributed by atoms with Crippen LogP contribution in [0.3, 0.4) is 0 Å². The maximum atomic E-state index is 10.9. The Labute approximate surface area is 134 Å². The van der Waals surface area contributed by atoms with Gasteiger partial charge in [-0.05, 0) is 22.0 Å². The monoisotopic (exact) mass is 367 g/mol. The Hall–Kier alpha value is -2.20. The summed E-state index contributed by atoms with van der Waals surface area (Å²) in [6.07, 6.45) is 0.700. The Morgan fingerprint density at radius 3 is 2.91 bits per heavy atom. The van der Waals surface area contributed by atoms with Gasteiger partial charge in [-0.2, -0.15) is 0 Å². The van der Waals surface area contributed by atoms with E-state index in [1.54, 1.807) is 19.3 Å². The number of halogens is 1. The van der Waals surface area contributed by atoms with Crippen molar-refractivity contribution >= 4 is 44.8 Å². The first-order valence-corrected chi connectivity index (χ1v) is 7.29. The number of pyridine rings is 1. The Morgan fingerprint density at radius 1 is 1.55 bits per heavy atom. The largest absolute Gasteiger partial charge is 0.465 e. The topological polar surface area (TPSA) is 120 Å². The normalized spacial score (nSPS) is 14.8. The number of nitrogens with zero attached hydrogens (tertiary/aromatic N) is 5. The fourth-order valence-corrected chi connectivity index (χ4v) is 2.58. The number of nitrogen functional groups attached to an aromatic ring is 1. The van der Waals surface area contributed by atoms with Crippen LogP contribution in [0, 0.1) is 0 Å². The van der Waals surface area contributed by atoms with Crippen molar-refractivity contribution in [2.75, 3.05) is 30.5 Å². The number of nitrogens with one attached hydrogen (secondary N) is 1. The maximum absolute atomic E-state index is 10.9. The molecule has 1 amide bonds. The van der Waals surface area contributed by atoms with Crippen LogP contribution >= 0.6 is 15.9 Å². The highest BCUT2D eigenvalue weighted by atomic mass is 79.9. The molecule has 10 heteroatoms. The second kappa shape index (κ2) is 5.54. The molecule has 116 valence electrons. The number of fused-ring (bicyclic) bond motifs is 1. The fraction of sp³-hybridized carbons (Fsp3) is 0.333. The predicted octanol–water partition coefficient (Wildman–Crippen LogP) is 0.871. The number of likely N-dealkylation sites (N-methyl/N-ethyl adjacent to an activating group) is 1. The van der Waals surface area contributed by atoms with Gasteiger partial charge in [-0.15, -0.1) is 0 Å². The van der Waals surface area contributed by atoms with Crippen LogP contribution in [0.25, 0.3) is 11.2 Å². The average molecular weight is 368 g/mol. The zero-order chi connectivity index (χ0) is 15.9. The van der Waals surface area contributed by atoms with Gasteiger partial charge in [0, 0.05) is 30.8 Å². The molecule has 3 rings (SSSR count). The summed E-state index contributed by atoms with van der Waals surface area (Å²) < 4.78 is 0.803. The molecule has 9 nitrogen and oxygen atoms in total. The smallest absolute Gasteiger partial charge is 0.407 e. The maximum Gasteiger partial charge on any atom is 0.407 e. The zero-order valence-electron chi connectivity index (χ0n) is 11.7. The lowest BCUT2D eigenvalue weighted by Crippen LogP contribution is -2.60. The number of hydrogen-bond acceptors (Lipinski definition) is 7. The van der Waals surface area contributed by atoms with E-state index in [0.717, 1.165) is 4.47 Å². The Kier molecular flexibility index (Phi) is 3.71. The predicted molar refractivity (Wildman–Crippen MR) is 84.6 cm³/mol. The third-order valence-corrected chi connectivity index (χ3v) is 4.05. The minimum atomic E-state index is -0.946. The SMILES string of the molecule is CN(C(=O)O)C1CN(c2nc3ncc(Br)cc3nc2NN)C1. The highest BCUT2D eigenvalue weighted by molar-refractivity contribution is 9.10. The molecule has 2 aromatic heterocycles. The van der Waals surface area contributed by atoms with Gasteiger partial charge in [-0.3, -0.25) is 0 Å². The van der Waals surface area contributed by atoms with Crippen LogP contribution in [0.1, 0.15) is 0 Å². The number of nitrogens with two attached hydrogens (primary N) is 1. The minimum Gasteiger partial charge on any atom is -0.465 e. The Bertz CT molecular complexity index is 735. The molecule has 0 radical (unpaired) electrons. The summed E-state index contributed by atoms with van der Waals surface area (Å²) in [6, 6.07) is 1.73. The summed E-state index contributed by atoms with van der Waals surface area (Å²) >= 11 is 3.34. The standard InChI is InChI=1S/C12H14BrN7O2/c1-19(12(21)22)7-4-20(5-7)11-10(18-14)16-8-2-6(13)3-15-9(8)17-11/h2-3,7H,4-5,14H2,1H3,(H,16,18)(H,21,22). The van der Waals surface area contributed by atoms with Crippen molar-refractivity contribution in [3.05, 3.63) is 16.7 Å². The molecule has 3 heterocycles. The van der Waals surface area contributed by atoms with Crippen molar-refractivity contribution < 1.29 is 9.90 Å². The number of hydrogen-bond donors (Lipinski definition) is 3. The number of carbonyl (C=O) groups is 1. The average Bonchev–Trinajstić information content (AvgIpc) is 2.44. The molecule has 0 aliphatic carbocycles. The van der Waals surface area contributed by atoms with E-state index in [-0.39, 0.29) is 6.04 Å². The molecule has 1 aliphatic rings. The lowest BCUT2D eigenvalue weighted by Gasteiger charge is -2.43. The molecule has 0 spiro atoms. The van der Waals surface area contributed by atoms with Gasteiger partial charge in [-0.25, -0.2) is 25.6 Å². The Balaban J connectivity index is 1.88. The van der Waals surface area contributed by atoms with Crippen LogP contribution in [-0.4, -0.2) is 57.2 Å². The molecule has 2 aromatic rings. The van der Waals surface area contributed by atoms with Crippen molar-refractivity contribution in [2.45, 2.75) is 6.04 Å². The fourth-order valence-electron chi connectivity index (χ4n) is 2.26. The molecular formula is C12H14BrN7O2. The van der Waals surface area contributed by atoms with Crippen molar-refractivity contribution in [1.29, 1.82) is 0 Å². The van der Waals surface area contributed by atoms with E-state index in [2.05, 4.69) is 36.3 Å². The lowest BCUT2D eigenvalue weighted by atomic mass is 10.1. The summed E-state index contributed by atoms with van der Waals surface area (Å²) in [6.45, 7) is 1.07. The van der Waals surface area contributed by atoms with Crippen LogP contribution in [0.2, 0.25) is 0 Å². The van der Waals surface area contributed by atoms with E-state index in [1.807, 2.05) is 4.90 Å². The molecule has 0 atom stereocenters. The van der Waals surface area contributed by atoms with E-state index in [4.69, 9.17) is 10.9 Å². The van der Waals surface area contributed by atoms with Gasteiger partial charge in [0.1, 0.15) is 5.52 Å². The highest BCUT2D eigenvalue weighted by Gasteiger charge is 2.34. The molecule has 0 unspecified atom stereocenters. The highest BCUT2D eigenvalue weighted by Crippen LogP contribution is 2.29. The molecule has 4 N–H and O–H groups in total. The number of anilines is 2. The summed E-state index contributed by atoms with van der Waals surface area (Å²) in [4.78, 5) is 27.2. The van der Waals surface area contributed by atoms with Crippen molar-refractivity contribution in [3.8, 4) is 0 Å². The van der Waals surface area contributed by atoms with Gasteiger partial charge in [0.05, 0.1) is 6.04 Å². The number of amides is 1. The third-order valence-electron chi connectivity index (χ3n) is 3.62. The van der Waals surface area contributed by atoms with Crippen LogP contribution in [0.5, 0.6) is 0 Å². The van der Waals surface area contributed by atoms with Gasteiger partial charge >= 0.3 is 6.09 Å². The molecule has 1 aliphatic heterocycles. The molecule has 22 heavy (non-hydrogen) atoms. The Morgan fingerprint density at radius 2 is 2.27 bits per heavy atom. The summed E-state index contributed by atoms with van der Waals surface area (Å²) in [5.41, 5.74) is 3.66. The molecule has 1 saturated heterocycles. The summed E-state index contributed by atoms with van der Waals surface area (Å²) in [7, 11) is 1.55. The van der Waals surface area contributed by atoms with Gasteiger partial charge < -0.3 is 20.3 Å².